The molecular formula is C10H14O3S. The largest absolute Gasteiger partial charge is 0.478 e. The minimum Gasteiger partial charge on any atom is -0.478 e. The molecule has 0 bridgehead atoms. The van der Waals surface area contributed by atoms with E-state index in [4.69, 9.17) is 9.52 Å². The van der Waals surface area contributed by atoms with E-state index >= 15 is 0 Å². The molecule has 0 aliphatic heterocycles. The van der Waals surface area contributed by atoms with E-state index < -0.39 is 5.97 Å². The van der Waals surface area contributed by atoms with Crippen LogP contribution in [0.4, 0.5) is 0 Å². The summed E-state index contributed by atoms with van der Waals surface area (Å²) < 4.78 is 4.87. The molecule has 0 aliphatic carbocycles. The first-order chi connectivity index (χ1) is 6.75. The third-order valence-corrected chi connectivity index (χ3v) is 2.96. The number of carboxylic acid groups (broad SMARTS) is 1. The van der Waals surface area contributed by atoms with E-state index in [1.807, 2.05) is 0 Å². The number of aromatic carboxylic acids is 1. The Balaban J connectivity index is 2.42. The highest BCUT2D eigenvalue weighted by molar-refractivity contribution is 7.98. The predicted octanol–water partition coefficient (Wildman–Crippen LogP) is 3.01. The van der Waals surface area contributed by atoms with Crippen LogP contribution in [0, 0.1) is 0 Å². The Morgan fingerprint density at radius 1 is 1.57 bits per heavy atom. The fraction of sp³-hybridized carbons (Fsp3) is 0.500. The molecule has 1 rings (SSSR count). The van der Waals surface area contributed by atoms with E-state index in [1.54, 1.807) is 11.8 Å². The first-order valence-corrected chi connectivity index (χ1v) is 5.77. The number of rotatable bonds is 6. The van der Waals surface area contributed by atoms with Gasteiger partial charge in [-0.3, -0.25) is 0 Å². The van der Waals surface area contributed by atoms with Crippen LogP contribution < -0.4 is 0 Å². The van der Waals surface area contributed by atoms with Gasteiger partial charge in [0.15, 0.2) is 0 Å². The van der Waals surface area contributed by atoms with Crippen LogP contribution in [0.15, 0.2) is 16.9 Å². The summed E-state index contributed by atoms with van der Waals surface area (Å²) >= 11 is 1.74. The van der Waals surface area contributed by atoms with Crippen LogP contribution in [-0.4, -0.2) is 16.8 Å². The summed E-state index contributed by atoms with van der Waals surface area (Å²) in [6.07, 6.45) is 5.15. The van der Waals surface area contributed by atoms with Gasteiger partial charge in [0.25, 0.3) is 0 Å². The Kier molecular flexibility index (Phi) is 4.59. The second kappa shape index (κ2) is 5.75. The van der Waals surface area contributed by atoms with Crippen LogP contribution in [0.3, 0.4) is 0 Å². The van der Waals surface area contributed by atoms with Crippen molar-refractivity contribution in [1.29, 1.82) is 0 Å². The summed E-state index contributed by atoms with van der Waals surface area (Å²) in [5.74, 6) is 0.878. The van der Waals surface area contributed by atoms with Gasteiger partial charge in [-0.1, -0.05) is 13.3 Å². The summed E-state index contributed by atoms with van der Waals surface area (Å²) in [6, 6.07) is 0. The maximum Gasteiger partial charge on any atom is 0.339 e. The molecule has 1 heterocycles. The predicted molar refractivity (Wildman–Crippen MR) is 56.7 cm³/mol. The lowest BCUT2D eigenvalue weighted by Crippen LogP contribution is -1.97. The van der Waals surface area contributed by atoms with Gasteiger partial charge in [-0.05, 0) is 12.2 Å². The van der Waals surface area contributed by atoms with E-state index in [1.165, 1.54) is 25.4 Å². The standard InChI is InChI=1S/C10H14O3S/c1-2-3-4-14-7-8-5-13-6-9(8)10(11)12/h5-6H,2-4,7H2,1H3,(H,11,12). The summed E-state index contributed by atoms with van der Waals surface area (Å²) in [6.45, 7) is 2.14. The number of carbonyl (C=O) groups is 1. The summed E-state index contributed by atoms with van der Waals surface area (Å²) in [7, 11) is 0. The third kappa shape index (κ3) is 3.10. The smallest absolute Gasteiger partial charge is 0.339 e. The van der Waals surface area contributed by atoms with Gasteiger partial charge in [-0.15, -0.1) is 0 Å². The van der Waals surface area contributed by atoms with E-state index in [2.05, 4.69) is 6.92 Å². The topological polar surface area (TPSA) is 50.4 Å². The molecule has 0 aromatic carbocycles. The fourth-order valence-electron chi connectivity index (χ4n) is 1.05. The van der Waals surface area contributed by atoms with Gasteiger partial charge in [-0.25, -0.2) is 4.79 Å². The molecule has 3 nitrogen and oxygen atoms in total. The lowest BCUT2D eigenvalue weighted by atomic mass is 10.2. The molecule has 14 heavy (non-hydrogen) atoms. The van der Waals surface area contributed by atoms with Crippen LogP contribution in [0.1, 0.15) is 35.7 Å². The van der Waals surface area contributed by atoms with Gasteiger partial charge >= 0.3 is 5.97 Å². The van der Waals surface area contributed by atoms with Gasteiger partial charge < -0.3 is 9.52 Å². The number of furan rings is 1. The minimum absolute atomic E-state index is 0.286. The van der Waals surface area contributed by atoms with Crippen LogP contribution in [0.2, 0.25) is 0 Å². The minimum atomic E-state index is -0.912. The average Bonchev–Trinajstić information content (AvgIpc) is 2.60. The number of unbranched alkanes of at least 4 members (excludes halogenated alkanes) is 1. The van der Waals surface area contributed by atoms with Gasteiger partial charge in [0.2, 0.25) is 0 Å². The van der Waals surface area contributed by atoms with Crippen molar-refractivity contribution in [1.82, 2.24) is 0 Å². The van der Waals surface area contributed by atoms with Crippen molar-refractivity contribution in [3.63, 3.8) is 0 Å². The van der Waals surface area contributed by atoms with Crippen molar-refractivity contribution in [2.75, 3.05) is 5.75 Å². The van der Waals surface area contributed by atoms with Crippen molar-refractivity contribution < 1.29 is 14.3 Å². The molecule has 0 spiro atoms. The van der Waals surface area contributed by atoms with Crippen LogP contribution >= 0.6 is 11.8 Å². The van der Waals surface area contributed by atoms with Crippen LogP contribution in [0.5, 0.6) is 0 Å². The SMILES string of the molecule is CCCCSCc1cocc1C(=O)O. The number of thioether (sulfide) groups is 1. The highest BCUT2D eigenvalue weighted by Gasteiger charge is 2.11. The number of hydrogen-bond donors (Lipinski definition) is 1. The van der Waals surface area contributed by atoms with Gasteiger partial charge in [-0.2, -0.15) is 11.8 Å². The Labute approximate surface area is 87.5 Å². The molecule has 0 atom stereocenters. The fourth-order valence-corrected chi connectivity index (χ4v) is 2.13. The van der Waals surface area contributed by atoms with Crippen molar-refractivity contribution in [3.05, 3.63) is 23.7 Å². The normalized spacial score (nSPS) is 10.4. The molecule has 0 amide bonds. The lowest BCUT2D eigenvalue weighted by molar-refractivity contribution is 0.0695. The maximum absolute atomic E-state index is 10.7. The zero-order chi connectivity index (χ0) is 10.4. The molecule has 4 heteroatoms. The Bertz CT molecular complexity index is 293. The molecule has 0 saturated carbocycles. The lowest BCUT2D eigenvalue weighted by Gasteiger charge is -1.98. The number of hydrogen-bond acceptors (Lipinski definition) is 3. The summed E-state index contributed by atoms with van der Waals surface area (Å²) in [5.41, 5.74) is 1.06. The molecule has 0 saturated heterocycles. The Hall–Kier alpha value is -0.900. The molecule has 1 aromatic rings. The Morgan fingerprint density at radius 2 is 2.36 bits per heavy atom. The first-order valence-electron chi connectivity index (χ1n) is 4.61. The quantitative estimate of drug-likeness (QED) is 0.739. The van der Waals surface area contributed by atoms with E-state index in [-0.39, 0.29) is 5.56 Å². The average molecular weight is 214 g/mol. The van der Waals surface area contributed by atoms with Gasteiger partial charge in [0.05, 0.1) is 6.26 Å². The van der Waals surface area contributed by atoms with Crippen LogP contribution in [0.25, 0.3) is 0 Å². The van der Waals surface area contributed by atoms with Crippen LogP contribution in [-0.2, 0) is 5.75 Å². The van der Waals surface area contributed by atoms with E-state index in [0.717, 1.165) is 17.1 Å². The molecule has 1 N–H and O–H groups in total. The monoisotopic (exact) mass is 214 g/mol. The molecule has 0 aliphatic rings. The van der Waals surface area contributed by atoms with Gasteiger partial charge in [0, 0.05) is 11.3 Å². The molecule has 0 unspecified atom stereocenters. The second-order valence-electron chi connectivity index (χ2n) is 3.02. The molecule has 78 valence electrons. The van der Waals surface area contributed by atoms with E-state index in [0.29, 0.717) is 0 Å². The third-order valence-electron chi connectivity index (χ3n) is 1.87. The van der Waals surface area contributed by atoms with Crippen molar-refractivity contribution >= 4 is 17.7 Å². The second-order valence-corrected chi connectivity index (χ2v) is 4.13. The molecule has 0 radical (unpaired) electrons. The molecule has 1 aromatic heterocycles. The Morgan fingerprint density at radius 3 is 3.00 bits per heavy atom. The van der Waals surface area contributed by atoms with Crippen molar-refractivity contribution in [3.8, 4) is 0 Å². The zero-order valence-corrected chi connectivity index (χ0v) is 8.97. The zero-order valence-electron chi connectivity index (χ0n) is 8.16. The maximum atomic E-state index is 10.7. The highest BCUT2D eigenvalue weighted by Crippen LogP contribution is 2.18. The summed E-state index contributed by atoms with van der Waals surface area (Å²) in [5, 5.41) is 8.79. The molecular weight excluding hydrogens is 200 g/mol. The van der Waals surface area contributed by atoms with Crippen molar-refractivity contribution in [2.24, 2.45) is 0 Å². The summed E-state index contributed by atoms with van der Waals surface area (Å²) in [4.78, 5) is 10.7. The highest BCUT2D eigenvalue weighted by atomic mass is 32.2. The van der Waals surface area contributed by atoms with Crippen molar-refractivity contribution in [2.45, 2.75) is 25.5 Å². The molecule has 0 fully saturated rings. The first kappa shape index (κ1) is 11.2. The van der Waals surface area contributed by atoms with Gasteiger partial charge in [0.1, 0.15) is 11.8 Å². The number of carboxylic acids is 1. The van der Waals surface area contributed by atoms with E-state index in [9.17, 15) is 4.79 Å².